The Bertz CT molecular complexity index is 3320. The molecular formula is C66H50. The first kappa shape index (κ1) is 39.8. The molecule has 0 nitrogen and oxygen atoms in total. The van der Waals surface area contributed by atoms with Gasteiger partial charge in [0.05, 0.1) is 0 Å². The molecule has 2 unspecified atom stereocenters. The Morgan fingerprint density at radius 3 is 1.06 bits per heavy atom. The lowest BCUT2D eigenvalue weighted by Gasteiger charge is -2.26. The summed E-state index contributed by atoms with van der Waals surface area (Å²) in [7, 11) is 0. The summed E-state index contributed by atoms with van der Waals surface area (Å²) in [5, 5.41) is 0. The van der Waals surface area contributed by atoms with Gasteiger partial charge in [-0.25, -0.2) is 0 Å². The molecule has 314 valence electrons. The highest BCUT2D eigenvalue weighted by molar-refractivity contribution is 5.93. The molecule has 0 N–H and O–H groups in total. The van der Waals surface area contributed by atoms with Crippen LogP contribution >= 0.6 is 0 Å². The smallest absolute Gasteiger partial charge is 0.0364 e. The number of aryl methyl sites for hydroxylation is 4. The molecule has 0 bridgehead atoms. The molecule has 10 aromatic carbocycles. The van der Waals surface area contributed by atoms with Gasteiger partial charge in [0.25, 0.3) is 0 Å². The predicted octanol–water partition coefficient (Wildman–Crippen LogP) is 17.6. The standard InChI is InChI=1S/C66H50/c1-41-32-34-59-61(36-41)53-24-12-14-26-57(53)65(59)63-51(28-16-30-55(63)49-22-10-8-18-43(49)3)47-38-46(45-20-6-5-7-21-45)39-48(40-47)52-29-17-31-56(50-23-11-9-19-44(50)4)64(52)66-58-27-15-13-25-54(58)62-37-42(2)33-35-60(62)66/h5-40,65-66H,1-4H3. The normalized spacial score (nSPS) is 14.4. The maximum Gasteiger partial charge on any atom is 0.0364 e. The van der Waals surface area contributed by atoms with E-state index in [4.69, 9.17) is 0 Å². The molecule has 0 spiro atoms. The highest BCUT2D eigenvalue weighted by Gasteiger charge is 2.36. The van der Waals surface area contributed by atoms with E-state index < -0.39 is 0 Å². The van der Waals surface area contributed by atoms with E-state index in [9.17, 15) is 0 Å². The number of hydrogen-bond donors (Lipinski definition) is 0. The Labute approximate surface area is 389 Å². The average molecular weight is 843 g/mol. The first-order valence-corrected chi connectivity index (χ1v) is 23.4. The van der Waals surface area contributed by atoms with Crippen molar-refractivity contribution in [3.05, 3.63) is 274 Å². The second kappa shape index (κ2) is 16.0. The second-order valence-electron chi connectivity index (χ2n) is 18.6. The number of hydrogen-bond acceptors (Lipinski definition) is 0. The van der Waals surface area contributed by atoms with Gasteiger partial charge in [0, 0.05) is 11.8 Å². The van der Waals surface area contributed by atoms with Crippen LogP contribution in [0, 0.1) is 27.7 Å². The van der Waals surface area contributed by atoms with Crippen molar-refractivity contribution in [1.29, 1.82) is 0 Å². The molecule has 0 aromatic heterocycles. The largest absolute Gasteiger partial charge is 0.0622 e. The van der Waals surface area contributed by atoms with Crippen molar-refractivity contribution in [2.24, 2.45) is 0 Å². The zero-order valence-electron chi connectivity index (χ0n) is 37.9. The summed E-state index contributed by atoms with van der Waals surface area (Å²) in [5.41, 5.74) is 31.0. The Morgan fingerprint density at radius 1 is 0.227 bits per heavy atom. The summed E-state index contributed by atoms with van der Waals surface area (Å²) in [4.78, 5) is 0. The zero-order chi connectivity index (χ0) is 44.5. The first-order valence-electron chi connectivity index (χ1n) is 23.4. The molecule has 2 aliphatic carbocycles. The van der Waals surface area contributed by atoms with E-state index in [0.29, 0.717) is 0 Å². The molecule has 0 heteroatoms. The van der Waals surface area contributed by atoms with Gasteiger partial charge >= 0.3 is 0 Å². The lowest BCUT2D eigenvalue weighted by molar-refractivity contribution is 1.02. The van der Waals surface area contributed by atoms with Crippen molar-refractivity contribution < 1.29 is 0 Å². The molecule has 2 atom stereocenters. The number of fused-ring (bicyclic) bond motifs is 6. The quantitative estimate of drug-likeness (QED) is 0.150. The van der Waals surface area contributed by atoms with E-state index in [0.717, 1.165) is 0 Å². The fraction of sp³-hybridized carbons (Fsp3) is 0.0909. The summed E-state index contributed by atoms with van der Waals surface area (Å²) >= 11 is 0. The third-order valence-electron chi connectivity index (χ3n) is 14.5. The van der Waals surface area contributed by atoms with Crippen LogP contribution in [0.25, 0.3) is 77.9 Å². The van der Waals surface area contributed by atoms with E-state index in [2.05, 4.69) is 246 Å². The summed E-state index contributed by atoms with van der Waals surface area (Å²) < 4.78 is 0. The fourth-order valence-electron chi connectivity index (χ4n) is 11.5. The van der Waals surface area contributed by atoms with Crippen LogP contribution in [0.15, 0.2) is 218 Å². The number of benzene rings is 10. The zero-order valence-corrected chi connectivity index (χ0v) is 37.9. The van der Waals surface area contributed by atoms with Crippen molar-refractivity contribution in [2.75, 3.05) is 0 Å². The van der Waals surface area contributed by atoms with Crippen molar-refractivity contribution in [1.82, 2.24) is 0 Å². The van der Waals surface area contributed by atoms with E-state index >= 15 is 0 Å². The van der Waals surface area contributed by atoms with Crippen molar-refractivity contribution in [3.63, 3.8) is 0 Å². The highest BCUT2D eigenvalue weighted by atomic mass is 14.4. The van der Waals surface area contributed by atoms with Crippen molar-refractivity contribution in [2.45, 2.75) is 39.5 Å². The molecule has 66 heavy (non-hydrogen) atoms. The molecule has 10 aromatic rings. The van der Waals surface area contributed by atoms with Gasteiger partial charge in [0.2, 0.25) is 0 Å². The van der Waals surface area contributed by atoms with Crippen molar-refractivity contribution in [3.8, 4) is 77.9 Å². The Balaban J connectivity index is 1.17. The summed E-state index contributed by atoms with van der Waals surface area (Å²) in [5.74, 6) is 0.0858. The maximum absolute atomic E-state index is 2.50. The van der Waals surface area contributed by atoms with Crippen LogP contribution in [0.2, 0.25) is 0 Å². The van der Waals surface area contributed by atoms with Gasteiger partial charge in [0.15, 0.2) is 0 Å². The van der Waals surface area contributed by atoms with Gasteiger partial charge in [-0.05, 0) is 168 Å². The van der Waals surface area contributed by atoms with E-state index in [1.165, 1.54) is 134 Å². The summed E-state index contributed by atoms with van der Waals surface area (Å²) in [6.07, 6.45) is 0. The molecule has 12 rings (SSSR count). The van der Waals surface area contributed by atoms with E-state index in [1.807, 2.05) is 0 Å². The van der Waals surface area contributed by atoms with Gasteiger partial charge in [-0.1, -0.05) is 211 Å². The predicted molar refractivity (Wildman–Crippen MR) is 278 cm³/mol. The molecule has 0 fully saturated rings. The molecular weight excluding hydrogens is 793 g/mol. The van der Waals surface area contributed by atoms with Crippen LogP contribution in [0.4, 0.5) is 0 Å². The Kier molecular flexibility index (Phi) is 9.65. The molecule has 0 heterocycles. The Morgan fingerprint density at radius 2 is 0.591 bits per heavy atom. The minimum Gasteiger partial charge on any atom is -0.0622 e. The molecule has 0 aliphatic heterocycles. The minimum atomic E-state index is 0.0429. The van der Waals surface area contributed by atoms with Gasteiger partial charge in [-0.3, -0.25) is 0 Å². The van der Waals surface area contributed by atoms with E-state index in [1.54, 1.807) is 0 Å². The van der Waals surface area contributed by atoms with Crippen LogP contribution in [-0.2, 0) is 0 Å². The Hall–Kier alpha value is -7.80. The maximum atomic E-state index is 2.50. The number of rotatable bonds is 7. The molecule has 0 amide bonds. The fourth-order valence-corrected chi connectivity index (χ4v) is 11.5. The molecule has 0 saturated heterocycles. The third-order valence-corrected chi connectivity index (χ3v) is 14.5. The monoisotopic (exact) mass is 842 g/mol. The molecule has 2 aliphatic rings. The van der Waals surface area contributed by atoms with Crippen LogP contribution in [0.3, 0.4) is 0 Å². The summed E-state index contributed by atoms with van der Waals surface area (Å²) in [6, 6.07) is 82.6. The topological polar surface area (TPSA) is 0 Å². The second-order valence-corrected chi connectivity index (χ2v) is 18.6. The van der Waals surface area contributed by atoms with Gasteiger partial charge in [-0.15, -0.1) is 0 Å². The first-order chi connectivity index (χ1) is 32.4. The van der Waals surface area contributed by atoms with Crippen molar-refractivity contribution >= 4 is 0 Å². The summed E-state index contributed by atoms with van der Waals surface area (Å²) in [6.45, 7) is 8.93. The van der Waals surface area contributed by atoms with Crippen LogP contribution in [0.5, 0.6) is 0 Å². The van der Waals surface area contributed by atoms with Gasteiger partial charge in [0.1, 0.15) is 0 Å². The molecule has 0 radical (unpaired) electrons. The average Bonchev–Trinajstić information content (AvgIpc) is 3.85. The minimum absolute atomic E-state index is 0.0429. The van der Waals surface area contributed by atoms with Crippen LogP contribution in [0.1, 0.15) is 67.5 Å². The third kappa shape index (κ3) is 6.51. The highest BCUT2D eigenvalue weighted by Crippen LogP contribution is 2.55. The van der Waals surface area contributed by atoms with Gasteiger partial charge < -0.3 is 0 Å². The lowest BCUT2D eigenvalue weighted by Crippen LogP contribution is -2.06. The van der Waals surface area contributed by atoms with Gasteiger partial charge in [-0.2, -0.15) is 0 Å². The lowest BCUT2D eigenvalue weighted by atomic mass is 9.77. The van der Waals surface area contributed by atoms with Crippen LogP contribution in [-0.4, -0.2) is 0 Å². The van der Waals surface area contributed by atoms with E-state index in [-0.39, 0.29) is 11.8 Å². The molecule has 0 saturated carbocycles. The SMILES string of the molecule is Cc1ccc2c(c1)-c1ccccc1C2c1c(-c2cc(-c3ccccc3)cc(-c3cccc(-c4ccccc4C)c3C3c4ccccc4-c4cc(C)ccc43)c2)cccc1-c1ccccc1C. The van der Waals surface area contributed by atoms with Crippen LogP contribution < -0.4 is 0 Å².